The molecule has 2 aromatic rings. The molecule has 1 amide bonds. The van der Waals surface area contributed by atoms with Crippen molar-refractivity contribution in [1.29, 1.82) is 5.26 Å². The van der Waals surface area contributed by atoms with Gasteiger partial charge in [-0.1, -0.05) is 30.3 Å². The summed E-state index contributed by atoms with van der Waals surface area (Å²) in [4.78, 5) is 25.8. The van der Waals surface area contributed by atoms with Crippen LogP contribution in [0.2, 0.25) is 0 Å². The van der Waals surface area contributed by atoms with Crippen molar-refractivity contribution in [3.63, 3.8) is 0 Å². The van der Waals surface area contributed by atoms with E-state index >= 15 is 0 Å². The number of hydrogen-bond acceptors (Lipinski definition) is 5. The van der Waals surface area contributed by atoms with Crippen LogP contribution < -0.4 is 10.2 Å². The number of rotatable bonds is 5. The number of nitrogens with zero attached hydrogens (tertiary/aromatic N) is 2. The summed E-state index contributed by atoms with van der Waals surface area (Å²) in [6.07, 6.45) is 1.44. The minimum atomic E-state index is -0.610. The van der Waals surface area contributed by atoms with E-state index in [0.29, 0.717) is 0 Å². The molecule has 0 aliphatic rings. The van der Waals surface area contributed by atoms with Gasteiger partial charge in [-0.2, -0.15) is 5.26 Å². The van der Waals surface area contributed by atoms with Crippen LogP contribution in [0.5, 0.6) is 0 Å². The fourth-order valence-electron chi connectivity index (χ4n) is 2.14. The number of anilines is 2. The van der Waals surface area contributed by atoms with Crippen LogP contribution in [0, 0.1) is 11.3 Å². The van der Waals surface area contributed by atoms with Crippen molar-refractivity contribution < 1.29 is 14.3 Å². The number of carbonyl (C=O) groups excluding carboxylic acids is 2. The molecule has 0 atom stereocenters. The molecular weight excluding hydrogens is 318 g/mol. The van der Waals surface area contributed by atoms with E-state index in [1.165, 1.54) is 19.4 Å². The van der Waals surface area contributed by atoms with Crippen molar-refractivity contribution in [2.45, 2.75) is 0 Å². The van der Waals surface area contributed by atoms with Gasteiger partial charge in [-0.25, -0.2) is 4.79 Å². The van der Waals surface area contributed by atoms with E-state index in [4.69, 9.17) is 0 Å². The molecule has 0 spiro atoms. The summed E-state index contributed by atoms with van der Waals surface area (Å²) in [7, 11) is 3.00. The molecule has 0 aliphatic carbocycles. The van der Waals surface area contributed by atoms with E-state index in [0.717, 1.165) is 5.69 Å². The third-order valence-electron chi connectivity index (χ3n) is 3.43. The first-order chi connectivity index (χ1) is 12.1. The van der Waals surface area contributed by atoms with Gasteiger partial charge < -0.3 is 15.0 Å². The van der Waals surface area contributed by atoms with Crippen LogP contribution in [-0.4, -0.2) is 26.0 Å². The largest absolute Gasteiger partial charge is 0.465 e. The predicted octanol–water partition coefficient (Wildman–Crippen LogP) is 2.96. The molecule has 0 radical (unpaired) electrons. The van der Waals surface area contributed by atoms with Gasteiger partial charge in [0.1, 0.15) is 11.6 Å². The first-order valence-electron chi connectivity index (χ1n) is 7.45. The fraction of sp³-hybridized carbons (Fsp3) is 0.105. The molecule has 0 bridgehead atoms. The highest BCUT2D eigenvalue weighted by Gasteiger charge is 2.16. The number of methoxy groups -OCH3 is 1. The second-order valence-corrected chi connectivity index (χ2v) is 5.09. The van der Waals surface area contributed by atoms with Gasteiger partial charge in [-0.15, -0.1) is 0 Å². The van der Waals surface area contributed by atoms with Crippen LogP contribution in [0.15, 0.2) is 66.4 Å². The molecule has 6 heteroatoms. The summed E-state index contributed by atoms with van der Waals surface area (Å²) in [5.41, 5.74) is 1.24. The maximum atomic E-state index is 12.4. The lowest BCUT2D eigenvalue weighted by molar-refractivity contribution is -0.112. The van der Waals surface area contributed by atoms with Gasteiger partial charge in [-0.05, 0) is 24.3 Å². The van der Waals surface area contributed by atoms with E-state index in [1.807, 2.05) is 36.4 Å². The van der Waals surface area contributed by atoms with Crippen molar-refractivity contribution in [1.82, 2.24) is 0 Å². The van der Waals surface area contributed by atoms with Gasteiger partial charge in [0.25, 0.3) is 5.91 Å². The highest BCUT2D eigenvalue weighted by molar-refractivity contribution is 6.09. The third kappa shape index (κ3) is 4.45. The highest BCUT2D eigenvalue weighted by Crippen LogP contribution is 2.18. The zero-order valence-electron chi connectivity index (χ0n) is 13.9. The molecule has 0 heterocycles. The number of hydrogen-bond donors (Lipinski definition) is 1. The molecule has 0 unspecified atom stereocenters. The van der Waals surface area contributed by atoms with E-state index in [2.05, 4.69) is 10.1 Å². The number of carbonyl (C=O) groups is 2. The number of amides is 1. The average molecular weight is 335 g/mol. The van der Waals surface area contributed by atoms with Crippen LogP contribution in [-0.2, 0) is 9.53 Å². The molecular formula is C19H17N3O3. The lowest BCUT2D eigenvalue weighted by atomic mass is 10.1. The van der Waals surface area contributed by atoms with Crippen LogP contribution in [0.25, 0.3) is 0 Å². The summed E-state index contributed by atoms with van der Waals surface area (Å²) >= 11 is 0. The first-order valence-corrected chi connectivity index (χ1v) is 7.45. The molecule has 6 nitrogen and oxygen atoms in total. The number of nitriles is 1. The normalized spacial score (nSPS) is 10.5. The smallest absolute Gasteiger partial charge is 0.339 e. The summed E-state index contributed by atoms with van der Waals surface area (Å²) < 4.78 is 4.69. The topological polar surface area (TPSA) is 82.4 Å². The van der Waals surface area contributed by atoms with Crippen LogP contribution in [0.3, 0.4) is 0 Å². The van der Waals surface area contributed by atoms with Crippen LogP contribution in [0.1, 0.15) is 10.4 Å². The zero-order valence-corrected chi connectivity index (χ0v) is 13.9. The van der Waals surface area contributed by atoms with E-state index < -0.39 is 11.9 Å². The van der Waals surface area contributed by atoms with Crippen molar-refractivity contribution in [3.8, 4) is 6.07 Å². The SMILES string of the molecule is COC(=O)c1ccccc1NC(=O)/C(C#N)=C\N(C)c1ccccc1. The Bertz CT molecular complexity index is 838. The minimum Gasteiger partial charge on any atom is -0.465 e. The lowest BCUT2D eigenvalue weighted by Gasteiger charge is -2.15. The Kier molecular flexibility index (Phi) is 5.91. The molecule has 25 heavy (non-hydrogen) atoms. The molecule has 0 saturated carbocycles. The molecule has 1 N–H and O–H groups in total. The lowest BCUT2D eigenvalue weighted by Crippen LogP contribution is -2.19. The van der Waals surface area contributed by atoms with Crippen molar-refractivity contribution in [3.05, 3.63) is 71.9 Å². The third-order valence-corrected chi connectivity index (χ3v) is 3.43. The molecule has 2 aromatic carbocycles. The van der Waals surface area contributed by atoms with Crippen molar-refractivity contribution >= 4 is 23.3 Å². The van der Waals surface area contributed by atoms with Gasteiger partial charge in [-0.3, -0.25) is 4.79 Å². The number of esters is 1. The number of para-hydroxylation sites is 2. The van der Waals surface area contributed by atoms with Gasteiger partial charge in [0, 0.05) is 18.9 Å². The fourth-order valence-corrected chi connectivity index (χ4v) is 2.14. The summed E-state index contributed by atoms with van der Waals surface area (Å²) in [5, 5.41) is 11.9. The maximum absolute atomic E-state index is 12.4. The quantitative estimate of drug-likeness (QED) is 0.516. The second-order valence-electron chi connectivity index (χ2n) is 5.09. The molecule has 126 valence electrons. The van der Waals surface area contributed by atoms with Gasteiger partial charge in [0.05, 0.1) is 18.4 Å². The van der Waals surface area contributed by atoms with E-state index in [1.54, 1.807) is 30.1 Å². The van der Waals surface area contributed by atoms with Crippen LogP contribution >= 0.6 is 0 Å². The number of nitrogens with one attached hydrogen (secondary N) is 1. The van der Waals surface area contributed by atoms with E-state index in [-0.39, 0.29) is 16.8 Å². The van der Waals surface area contributed by atoms with E-state index in [9.17, 15) is 14.9 Å². The number of ether oxygens (including phenoxy) is 1. The average Bonchev–Trinajstić information content (AvgIpc) is 2.66. The zero-order chi connectivity index (χ0) is 18.2. The Balaban J connectivity index is 2.23. The van der Waals surface area contributed by atoms with Crippen molar-refractivity contribution in [2.24, 2.45) is 0 Å². The molecule has 0 aromatic heterocycles. The Morgan fingerprint density at radius 2 is 1.76 bits per heavy atom. The molecule has 0 saturated heterocycles. The van der Waals surface area contributed by atoms with Gasteiger partial charge >= 0.3 is 5.97 Å². The standard InChI is InChI=1S/C19H17N3O3/c1-22(15-8-4-3-5-9-15)13-14(12-20)18(23)21-17-11-7-6-10-16(17)19(24)25-2/h3-11,13H,1-2H3,(H,21,23)/b14-13-. The monoisotopic (exact) mass is 335 g/mol. The van der Waals surface area contributed by atoms with Crippen molar-refractivity contribution in [2.75, 3.05) is 24.4 Å². The van der Waals surface area contributed by atoms with Gasteiger partial charge in [0.15, 0.2) is 0 Å². The molecule has 0 fully saturated rings. The highest BCUT2D eigenvalue weighted by atomic mass is 16.5. The Labute approximate surface area is 145 Å². The Morgan fingerprint density at radius 3 is 2.40 bits per heavy atom. The molecule has 0 aliphatic heterocycles. The molecule has 2 rings (SSSR count). The minimum absolute atomic E-state index is 0.0916. The summed E-state index contributed by atoms with van der Waals surface area (Å²) in [6.45, 7) is 0. The van der Waals surface area contributed by atoms with Gasteiger partial charge in [0.2, 0.25) is 0 Å². The number of benzene rings is 2. The summed E-state index contributed by atoms with van der Waals surface area (Å²) in [6, 6.07) is 17.6. The van der Waals surface area contributed by atoms with Crippen LogP contribution in [0.4, 0.5) is 11.4 Å². The predicted molar refractivity (Wildman–Crippen MR) is 95.0 cm³/mol. The summed E-state index contributed by atoms with van der Waals surface area (Å²) in [5.74, 6) is -1.18. The Hall–Kier alpha value is -3.59. The second kappa shape index (κ2) is 8.31. The maximum Gasteiger partial charge on any atom is 0.339 e. The first kappa shape index (κ1) is 17.8. The Morgan fingerprint density at radius 1 is 1.12 bits per heavy atom.